The zero-order chi connectivity index (χ0) is 19.5. The minimum Gasteiger partial charge on any atom is -0.335 e. The number of amides is 1. The number of non-ortho nitro benzene ring substituents is 1. The number of likely N-dealkylation sites (tertiary alicyclic amines) is 1. The summed E-state index contributed by atoms with van der Waals surface area (Å²) in [5, 5.41) is 13.2. The summed E-state index contributed by atoms with van der Waals surface area (Å²) in [4.78, 5) is 26.1. The van der Waals surface area contributed by atoms with Gasteiger partial charge < -0.3 is 4.90 Å². The van der Waals surface area contributed by atoms with Crippen LogP contribution in [0.25, 0.3) is 10.8 Å². The maximum atomic E-state index is 12.9. The summed E-state index contributed by atoms with van der Waals surface area (Å²) in [7, 11) is 0. The third kappa shape index (κ3) is 3.73. The van der Waals surface area contributed by atoms with Gasteiger partial charge in [-0.3, -0.25) is 14.9 Å². The van der Waals surface area contributed by atoms with E-state index in [0.29, 0.717) is 5.75 Å². The van der Waals surface area contributed by atoms with Gasteiger partial charge in [0.2, 0.25) is 5.91 Å². The molecule has 0 radical (unpaired) electrons. The molecule has 0 aromatic heterocycles. The standard InChI is InChI=1S/C22H20N2O3S/c25-22(15-28-18-12-10-17(11-13-18)24(26)27)23-14-4-9-21(23)20-8-3-6-16-5-1-2-7-19(16)20/h1-3,5-8,10-13,21H,4,9,14-15H2. The van der Waals surface area contributed by atoms with Crippen molar-refractivity contribution in [2.45, 2.75) is 23.8 Å². The number of benzene rings is 3. The molecule has 1 fully saturated rings. The fourth-order valence-corrected chi connectivity index (χ4v) is 4.61. The van der Waals surface area contributed by atoms with Crippen LogP contribution in [0, 0.1) is 10.1 Å². The number of carbonyl (C=O) groups excluding carboxylic acids is 1. The maximum Gasteiger partial charge on any atom is 0.269 e. The monoisotopic (exact) mass is 392 g/mol. The molecular formula is C22H20N2O3S. The molecule has 4 rings (SSSR count). The molecule has 0 aliphatic carbocycles. The Morgan fingerprint density at radius 1 is 1.07 bits per heavy atom. The summed E-state index contributed by atoms with van der Waals surface area (Å²) in [6.07, 6.45) is 1.98. The van der Waals surface area contributed by atoms with E-state index in [1.165, 1.54) is 40.2 Å². The Kier molecular flexibility index (Phi) is 5.30. The van der Waals surface area contributed by atoms with Crippen LogP contribution in [0.2, 0.25) is 0 Å². The van der Waals surface area contributed by atoms with Crippen LogP contribution in [-0.4, -0.2) is 28.0 Å². The number of thioether (sulfide) groups is 1. The number of nitro benzene ring substituents is 1. The SMILES string of the molecule is O=C(CSc1ccc([N+](=O)[O-])cc1)N1CCCC1c1cccc2ccccc12. The number of hydrogen-bond acceptors (Lipinski definition) is 4. The van der Waals surface area contributed by atoms with Crippen molar-refractivity contribution >= 4 is 34.1 Å². The van der Waals surface area contributed by atoms with Gasteiger partial charge in [0.25, 0.3) is 5.69 Å². The Hall–Kier alpha value is -2.86. The molecule has 1 aliphatic rings. The molecule has 0 N–H and O–H groups in total. The van der Waals surface area contributed by atoms with Gasteiger partial charge in [-0.2, -0.15) is 0 Å². The Bertz CT molecular complexity index is 1010. The average molecular weight is 392 g/mol. The van der Waals surface area contributed by atoms with Gasteiger partial charge in [0.15, 0.2) is 0 Å². The van der Waals surface area contributed by atoms with Crippen LogP contribution in [0.3, 0.4) is 0 Å². The number of nitro groups is 1. The summed E-state index contributed by atoms with van der Waals surface area (Å²) in [5.74, 6) is 0.442. The molecule has 0 saturated carbocycles. The van der Waals surface area contributed by atoms with E-state index >= 15 is 0 Å². The Balaban J connectivity index is 1.48. The molecule has 3 aromatic carbocycles. The first-order valence-corrected chi connectivity index (χ1v) is 10.3. The quantitative estimate of drug-likeness (QED) is 0.340. The van der Waals surface area contributed by atoms with E-state index in [2.05, 4.69) is 30.3 Å². The van der Waals surface area contributed by atoms with E-state index in [-0.39, 0.29) is 17.6 Å². The highest BCUT2D eigenvalue weighted by molar-refractivity contribution is 8.00. The zero-order valence-corrected chi connectivity index (χ0v) is 16.1. The summed E-state index contributed by atoms with van der Waals surface area (Å²) < 4.78 is 0. The van der Waals surface area contributed by atoms with Crippen molar-refractivity contribution in [3.8, 4) is 0 Å². The third-order valence-corrected chi connectivity index (χ3v) is 6.16. The van der Waals surface area contributed by atoms with E-state index in [9.17, 15) is 14.9 Å². The van der Waals surface area contributed by atoms with Gasteiger partial charge >= 0.3 is 0 Å². The first-order valence-electron chi connectivity index (χ1n) is 9.28. The number of rotatable bonds is 5. The minimum atomic E-state index is -0.418. The first kappa shape index (κ1) is 18.5. The van der Waals surface area contributed by atoms with Gasteiger partial charge in [-0.05, 0) is 41.3 Å². The third-order valence-electron chi connectivity index (χ3n) is 5.17. The maximum absolute atomic E-state index is 12.9. The Morgan fingerprint density at radius 3 is 2.61 bits per heavy atom. The predicted octanol–water partition coefficient (Wildman–Crippen LogP) is 5.20. The molecule has 28 heavy (non-hydrogen) atoms. The van der Waals surface area contributed by atoms with E-state index in [0.717, 1.165) is 24.3 Å². The first-order chi connectivity index (χ1) is 13.6. The van der Waals surface area contributed by atoms with Crippen LogP contribution in [0.1, 0.15) is 24.4 Å². The van der Waals surface area contributed by atoms with Crippen molar-refractivity contribution < 1.29 is 9.72 Å². The van der Waals surface area contributed by atoms with Gasteiger partial charge in [-0.25, -0.2) is 0 Å². The van der Waals surface area contributed by atoms with Crippen molar-refractivity contribution in [3.05, 3.63) is 82.4 Å². The van der Waals surface area contributed by atoms with Gasteiger partial charge in [0, 0.05) is 23.6 Å². The highest BCUT2D eigenvalue weighted by Gasteiger charge is 2.30. The largest absolute Gasteiger partial charge is 0.335 e. The summed E-state index contributed by atoms with van der Waals surface area (Å²) in [6, 6.07) is 21.0. The molecule has 142 valence electrons. The summed E-state index contributed by atoms with van der Waals surface area (Å²) in [6.45, 7) is 0.771. The van der Waals surface area contributed by atoms with Crippen molar-refractivity contribution in [2.24, 2.45) is 0 Å². The van der Waals surface area contributed by atoms with E-state index in [1.807, 2.05) is 17.0 Å². The Morgan fingerprint density at radius 2 is 1.82 bits per heavy atom. The molecule has 3 aromatic rings. The van der Waals surface area contributed by atoms with Gasteiger partial charge in [0.05, 0.1) is 16.7 Å². The normalized spacial score (nSPS) is 16.4. The van der Waals surface area contributed by atoms with Crippen LogP contribution >= 0.6 is 11.8 Å². The number of fused-ring (bicyclic) bond motifs is 1. The lowest BCUT2D eigenvalue weighted by atomic mass is 9.97. The van der Waals surface area contributed by atoms with Crippen molar-refractivity contribution in [3.63, 3.8) is 0 Å². The van der Waals surface area contributed by atoms with Gasteiger partial charge in [-0.15, -0.1) is 11.8 Å². The van der Waals surface area contributed by atoms with Gasteiger partial charge in [-0.1, -0.05) is 42.5 Å². The molecule has 5 nitrogen and oxygen atoms in total. The fraction of sp³-hybridized carbons (Fsp3) is 0.227. The highest BCUT2D eigenvalue weighted by Crippen LogP contribution is 2.36. The van der Waals surface area contributed by atoms with Crippen LogP contribution in [-0.2, 0) is 4.79 Å². The number of carbonyl (C=O) groups is 1. The fourth-order valence-electron chi connectivity index (χ4n) is 3.82. The zero-order valence-electron chi connectivity index (χ0n) is 15.3. The predicted molar refractivity (Wildman–Crippen MR) is 111 cm³/mol. The molecular weight excluding hydrogens is 372 g/mol. The lowest BCUT2D eigenvalue weighted by Crippen LogP contribution is -2.32. The highest BCUT2D eigenvalue weighted by atomic mass is 32.2. The average Bonchev–Trinajstić information content (AvgIpc) is 3.21. The number of nitrogens with zero attached hydrogens (tertiary/aromatic N) is 2. The van der Waals surface area contributed by atoms with E-state index < -0.39 is 4.92 Å². The van der Waals surface area contributed by atoms with E-state index in [1.54, 1.807) is 12.1 Å². The van der Waals surface area contributed by atoms with Crippen LogP contribution < -0.4 is 0 Å². The molecule has 1 unspecified atom stereocenters. The lowest BCUT2D eigenvalue weighted by molar-refractivity contribution is -0.384. The molecule has 1 atom stereocenters. The second-order valence-corrected chi connectivity index (χ2v) is 7.90. The van der Waals surface area contributed by atoms with Crippen LogP contribution in [0.4, 0.5) is 5.69 Å². The summed E-state index contributed by atoms with van der Waals surface area (Å²) in [5.41, 5.74) is 1.27. The second-order valence-electron chi connectivity index (χ2n) is 6.85. The number of hydrogen-bond donors (Lipinski definition) is 0. The second kappa shape index (κ2) is 8.02. The smallest absolute Gasteiger partial charge is 0.269 e. The van der Waals surface area contributed by atoms with Crippen LogP contribution in [0.5, 0.6) is 0 Å². The topological polar surface area (TPSA) is 63.4 Å². The van der Waals surface area contributed by atoms with Crippen molar-refractivity contribution in [1.29, 1.82) is 0 Å². The lowest BCUT2D eigenvalue weighted by Gasteiger charge is -2.26. The van der Waals surface area contributed by atoms with Gasteiger partial charge in [0.1, 0.15) is 0 Å². The molecule has 1 saturated heterocycles. The molecule has 1 heterocycles. The molecule has 1 amide bonds. The Labute approximate surface area is 167 Å². The minimum absolute atomic E-state index is 0.0613. The summed E-state index contributed by atoms with van der Waals surface area (Å²) >= 11 is 1.42. The van der Waals surface area contributed by atoms with Crippen molar-refractivity contribution in [2.75, 3.05) is 12.3 Å². The van der Waals surface area contributed by atoms with Crippen molar-refractivity contribution in [1.82, 2.24) is 4.90 Å². The molecule has 6 heteroatoms. The molecule has 1 aliphatic heterocycles. The molecule has 0 spiro atoms. The van der Waals surface area contributed by atoms with E-state index in [4.69, 9.17) is 0 Å². The molecule has 0 bridgehead atoms. The van der Waals surface area contributed by atoms with Crippen LogP contribution in [0.15, 0.2) is 71.6 Å².